The smallest absolute Gasteiger partial charge is 0.191 e. The number of guanidine groups is 1. The van der Waals surface area contributed by atoms with Gasteiger partial charge in [0.15, 0.2) is 17.5 Å². The van der Waals surface area contributed by atoms with Crippen LogP contribution in [-0.2, 0) is 13.0 Å². The molecule has 0 aromatic heterocycles. The predicted molar refractivity (Wildman–Crippen MR) is 113 cm³/mol. The molecule has 1 heterocycles. The molecule has 1 aliphatic rings. The van der Waals surface area contributed by atoms with Crippen molar-refractivity contribution >= 4 is 41.7 Å². The molecule has 134 valence electrons. The Morgan fingerprint density at radius 1 is 1.33 bits per heavy atom. The minimum absolute atomic E-state index is 0. The summed E-state index contributed by atoms with van der Waals surface area (Å²) in [6.45, 7) is 6.26. The molecule has 1 aromatic carbocycles. The van der Waals surface area contributed by atoms with E-state index in [9.17, 15) is 0 Å². The Hall–Kier alpha value is -1.09. The van der Waals surface area contributed by atoms with Crippen LogP contribution in [-0.4, -0.2) is 49.7 Å². The summed E-state index contributed by atoms with van der Waals surface area (Å²) in [5.74, 6) is 4.29. The van der Waals surface area contributed by atoms with E-state index in [4.69, 9.17) is 15.2 Å². The molecule has 0 unspecified atom stereocenters. The quantitative estimate of drug-likeness (QED) is 0.304. The van der Waals surface area contributed by atoms with Gasteiger partial charge in [-0.1, -0.05) is 6.08 Å². The summed E-state index contributed by atoms with van der Waals surface area (Å²) in [5, 5.41) is 0. The summed E-state index contributed by atoms with van der Waals surface area (Å²) in [4.78, 5) is 6.68. The number of rotatable bonds is 6. The van der Waals surface area contributed by atoms with Crippen molar-refractivity contribution in [1.29, 1.82) is 0 Å². The van der Waals surface area contributed by atoms with Gasteiger partial charge in [0.05, 0.1) is 20.8 Å². The van der Waals surface area contributed by atoms with Gasteiger partial charge in [-0.2, -0.15) is 11.8 Å². The third-order valence-corrected chi connectivity index (χ3v) is 4.68. The van der Waals surface area contributed by atoms with Crippen molar-refractivity contribution in [2.45, 2.75) is 13.0 Å². The number of halogens is 1. The number of ether oxygens (including phenoxy) is 2. The number of aliphatic imine (C=N–C) groups is 1. The number of nitrogens with zero attached hydrogens (tertiary/aromatic N) is 2. The first kappa shape index (κ1) is 21.0. The van der Waals surface area contributed by atoms with Crippen molar-refractivity contribution in [2.75, 3.05) is 38.8 Å². The molecule has 0 aliphatic carbocycles. The van der Waals surface area contributed by atoms with E-state index >= 15 is 0 Å². The Bertz CT molecular complexity index is 575. The minimum Gasteiger partial charge on any atom is -0.493 e. The first-order chi connectivity index (χ1) is 11.2. The monoisotopic (exact) mass is 463 g/mol. The van der Waals surface area contributed by atoms with Crippen LogP contribution in [0, 0.1) is 0 Å². The summed E-state index contributed by atoms with van der Waals surface area (Å²) in [6.07, 6.45) is 2.57. The maximum absolute atomic E-state index is 6.11. The molecule has 1 aromatic rings. The number of methoxy groups -OCH3 is 2. The molecule has 0 saturated carbocycles. The van der Waals surface area contributed by atoms with Gasteiger partial charge in [0, 0.05) is 30.2 Å². The number of thioether (sulfide) groups is 1. The van der Waals surface area contributed by atoms with Gasteiger partial charge >= 0.3 is 0 Å². The fourth-order valence-corrected chi connectivity index (χ4v) is 3.47. The second kappa shape index (κ2) is 10.7. The van der Waals surface area contributed by atoms with Crippen LogP contribution >= 0.6 is 35.7 Å². The SMILES string of the molecule is C=CCc1cc(CN=C(N)N2CCSCC2)cc(OC)c1OC.I. The second-order valence-corrected chi connectivity index (χ2v) is 6.48. The first-order valence-corrected chi connectivity index (χ1v) is 8.82. The molecule has 2 N–H and O–H groups in total. The summed E-state index contributed by atoms with van der Waals surface area (Å²) in [7, 11) is 3.29. The summed E-state index contributed by atoms with van der Waals surface area (Å²) in [6, 6.07) is 4.03. The molecule has 0 radical (unpaired) electrons. The average Bonchev–Trinajstić information content (AvgIpc) is 2.60. The van der Waals surface area contributed by atoms with E-state index in [-0.39, 0.29) is 24.0 Å². The lowest BCUT2D eigenvalue weighted by Gasteiger charge is -2.27. The molecule has 0 spiro atoms. The number of nitrogens with two attached hydrogens (primary N) is 1. The molecule has 0 amide bonds. The summed E-state index contributed by atoms with van der Waals surface area (Å²) < 4.78 is 10.9. The highest BCUT2D eigenvalue weighted by molar-refractivity contribution is 14.0. The van der Waals surface area contributed by atoms with Crippen LogP contribution in [0.25, 0.3) is 0 Å². The summed E-state index contributed by atoms with van der Waals surface area (Å²) in [5.41, 5.74) is 8.21. The highest BCUT2D eigenvalue weighted by Gasteiger charge is 2.14. The second-order valence-electron chi connectivity index (χ2n) is 5.26. The first-order valence-electron chi connectivity index (χ1n) is 7.66. The van der Waals surface area contributed by atoms with Crippen molar-refractivity contribution in [2.24, 2.45) is 10.7 Å². The zero-order chi connectivity index (χ0) is 16.7. The predicted octanol–water partition coefficient (Wildman–Crippen LogP) is 2.91. The van der Waals surface area contributed by atoms with Crippen LogP contribution < -0.4 is 15.2 Å². The lowest BCUT2D eigenvalue weighted by Crippen LogP contribution is -2.42. The van der Waals surface area contributed by atoms with Crippen molar-refractivity contribution in [3.8, 4) is 11.5 Å². The van der Waals surface area contributed by atoms with Crippen LogP contribution in [0.4, 0.5) is 0 Å². The van der Waals surface area contributed by atoms with E-state index in [0.29, 0.717) is 18.3 Å². The van der Waals surface area contributed by atoms with Gasteiger partial charge in [0.2, 0.25) is 0 Å². The molecule has 7 heteroatoms. The molecule has 0 bridgehead atoms. The van der Waals surface area contributed by atoms with Crippen LogP contribution in [0.2, 0.25) is 0 Å². The largest absolute Gasteiger partial charge is 0.493 e. The highest BCUT2D eigenvalue weighted by Crippen LogP contribution is 2.33. The Kier molecular flexibility index (Phi) is 9.35. The fraction of sp³-hybridized carbons (Fsp3) is 0.471. The Morgan fingerprint density at radius 3 is 2.62 bits per heavy atom. The topological polar surface area (TPSA) is 60.1 Å². The van der Waals surface area contributed by atoms with Gasteiger partial charge in [-0.05, 0) is 24.1 Å². The van der Waals surface area contributed by atoms with Crippen LogP contribution in [0.5, 0.6) is 11.5 Å². The molecule has 0 atom stereocenters. The van der Waals surface area contributed by atoms with E-state index in [1.165, 1.54) is 0 Å². The van der Waals surface area contributed by atoms with Gasteiger partial charge in [-0.3, -0.25) is 0 Å². The molecule has 1 aliphatic heterocycles. The van der Waals surface area contributed by atoms with Crippen molar-refractivity contribution in [3.05, 3.63) is 35.9 Å². The summed E-state index contributed by atoms with van der Waals surface area (Å²) >= 11 is 1.95. The maximum atomic E-state index is 6.11. The number of hydrogen-bond acceptors (Lipinski definition) is 4. The highest BCUT2D eigenvalue weighted by atomic mass is 127. The Morgan fingerprint density at radius 2 is 2.04 bits per heavy atom. The lowest BCUT2D eigenvalue weighted by molar-refractivity contribution is 0.352. The van der Waals surface area contributed by atoms with Crippen LogP contribution in [0.15, 0.2) is 29.8 Å². The third-order valence-electron chi connectivity index (χ3n) is 3.74. The van der Waals surface area contributed by atoms with E-state index in [0.717, 1.165) is 47.9 Å². The van der Waals surface area contributed by atoms with E-state index in [1.54, 1.807) is 14.2 Å². The normalized spacial score (nSPS) is 14.8. The number of benzene rings is 1. The fourth-order valence-electron chi connectivity index (χ4n) is 2.57. The molecule has 1 saturated heterocycles. The zero-order valence-corrected chi connectivity index (χ0v) is 17.4. The lowest BCUT2D eigenvalue weighted by atomic mass is 10.1. The van der Waals surface area contributed by atoms with Crippen LogP contribution in [0.1, 0.15) is 11.1 Å². The standard InChI is InChI=1S/C17H25N3O2S.HI/c1-4-5-14-10-13(11-15(21-2)16(14)22-3)12-19-17(18)20-6-8-23-9-7-20;/h4,10-11H,1,5-9,12H2,2-3H3,(H2,18,19);1H. The van der Waals surface area contributed by atoms with Gasteiger partial charge in [-0.25, -0.2) is 4.99 Å². The van der Waals surface area contributed by atoms with Gasteiger partial charge in [0.1, 0.15) is 0 Å². The molecular weight excluding hydrogens is 437 g/mol. The zero-order valence-electron chi connectivity index (χ0n) is 14.3. The van der Waals surface area contributed by atoms with Gasteiger partial charge in [0.25, 0.3) is 0 Å². The number of hydrogen-bond donors (Lipinski definition) is 1. The minimum atomic E-state index is 0. The van der Waals surface area contributed by atoms with E-state index < -0.39 is 0 Å². The average molecular weight is 463 g/mol. The van der Waals surface area contributed by atoms with Gasteiger partial charge in [-0.15, -0.1) is 30.6 Å². The Labute approximate surface area is 165 Å². The Balaban J connectivity index is 0.00000288. The van der Waals surface area contributed by atoms with Crippen molar-refractivity contribution in [3.63, 3.8) is 0 Å². The number of allylic oxidation sites excluding steroid dienone is 1. The van der Waals surface area contributed by atoms with Crippen LogP contribution in [0.3, 0.4) is 0 Å². The third kappa shape index (κ3) is 5.47. The van der Waals surface area contributed by atoms with E-state index in [2.05, 4.69) is 22.5 Å². The molecule has 24 heavy (non-hydrogen) atoms. The molecule has 2 rings (SSSR count). The van der Waals surface area contributed by atoms with E-state index in [1.807, 2.05) is 23.9 Å². The maximum Gasteiger partial charge on any atom is 0.191 e. The molecular formula is C17H26IN3O2S. The molecule has 1 fully saturated rings. The van der Waals surface area contributed by atoms with Gasteiger partial charge < -0.3 is 20.1 Å². The molecule has 5 nitrogen and oxygen atoms in total. The van der Waals surface area contributed by atoms with Crippen molar-refractivity contribution < 1.29 is 9.47 Å². The van der Waals surface area contributed by atoms with Crippen molar-refractivity contribution in [1.82, 2.24) is 4.90 Å².